The van der Waals surface area contributed by atoms with Crippen LogP contribution in [0, 0.1) is 17.6 Å². The molecule has 0 radical (unpaired) electrons. The van der Waals surface area contributed by atoms with E-state index in [0.29, 0.717) is 36.6 Å². The summed E-state index contributed by atoms with van der Waals surface area (Å²) < 4.78 is 28.6. The summed E-state index contributed by atoms with van der Waals surface area (Å²) in [7, 11) is 0. The molecule has 2 N–H and O–H groups in total. The SMILES string of the molecule is C=CC(=O)N1CC[C@@H](CC2CN=C(c3ccc(C(=O)c4ccc(F)cc4)cc3F)c3c(N)ncnc32)C1. The number of rotatable bonds is 6. The predicted molar refractivity (Wildman–Crippen MR) is 135 cm³/mol. The van der Waals surface area contributed by atoms with Crippen LogP contribution >= 0.6 is 0 Å². The van der Waals surface area contributed by atoms with Crippen molar-refractivity contribution in [2.75, 3.05) is 25.4 Å². The van der Waals surface area contributed by atoms with Gasteiger partial charge in [0.1, 0.15) is 23.8 Å². The summed E-state index contributed by atoms with van der Waals surface area (Å²) in [6.45, 7) is 5.28. The Hall–Kier alpha value is -4.27. The number of amides is 1. The second-order valence-electron chi connectivity index (χ2n) is 9.31. The molecule has 5 rings (SSSR count). The standard InChI is InChI=1S/C28H25F2N5O2/c1-2-23(36)35-10-9-16(14-35)11-19-13-32-26(24-25(19)33-15-34-28(24)31)21-8-5-18(12-22(21)30)27(37)17-3-6-20(29)7-4-17/h2-8,12,15-16,19H,1,9-11,13-14H2,(H2,31,33,34)/t16-,19?/m0/s1. The Morgan fingerprint density at radius 3 is 2.59 bits per heavy atom. The van der Waals surface area contributed by atoms with Gasteiger partial charge in [-0.2, -0.15) is 0 Å². The highest BCUT2D eigenvalue weighted by Crippen LogP contribution is 2.36. The van der Waals surface area contributed by atoms with Crippen LogP contribution in [0.15, 0.2) is 66.4 Å². The number of likely N-dealkylation sites (tertiary alicyclic amines) is 1. The van der Waals surface area contributed by atoms with Crippen molar-refractivity contribution >= 4 is 23.2 Å². The smallest absolute Gasteiger partial charge is 0.245 e. The number of hydrogen-bond acceptors (Lipinski definition) is 6. The maximum Gasteiger partial charge on any atom is 0.245 e. The van der Waals surface area contributed by atoms with Crippen LogP contribution in [-0.4, -0.2) is 51.9 Å². The van der Waals surface area contributed by atoms with Crippen LogP contribution in [0.25, 0.3) is 0 Å². The lowest BCUT2D eigenvalue weighted by molar-refractivity contribution is -0.125. The van der Waals surface area contributed by atoms with E-state index in [4.69, 9.17) is 10.7 Å². The van der Waals surface area contributed by atoms with E-state index in [0.717, 1.165) is 18.9 Å². The van der Waals surface area contributed by atoms with E-state index in [1.165, 1.54) is 48.8 Å². The van der Waals surface area contributed by atoms with Gasteiger partial charge in [0.2, 0.25) is 5.91 Å². The molecular formula is C28H25F2N5O2. The molecule has 7 nitrogen and oxygen atoms in total. The monoisotopic (exact) mass is 501 g/mol. The van der Waals surface area contributed by atoms with Crippen molar-refractivity contribution < 1.29 is 18.4 Å². The summed E-state index contributed by atoms with van der Waals surface area (Å²) in [4.78, 5) is 39.8. The van der Waals surface area contributed by atoms with Crippen molar-refractivity contribution in [3.8, 4) is 0 Å². The third-order valence-electron chi connectivity index (χ3n) is 6.98. The van der Waals surface area contributed by atoms with Crippen molar-refractivity contribution in [3.05, 3.63) is 101 Å². The van der Waals surface area contributed by atoms with Crippen molar-refractivity contribution in [1.29, 1.82) is 0 Å². The Bertz CT molecular complexity index is 1420. The molecule has 1 amide bonds. The van der Waals surface area contributed by atoms with Gasteiger partial charge in [0.05, 0.1) is 17.0 Å². The third-order valence-corrected chi connectivity index (χ3v) is 6.98. The predicted octanol–water partition coefficient (Wildman–Crippen LogP) is 3.93. The summed E-state index contributed by atoms with van der Waals surface area (Å²) in [5.74, 6) is -1.14. The number of aromatic nitrogens is 2. The van der Waals surface area contributed by atoms with E-state index < -0.39 is 17.4 Å². The van der Waals surface area contributed by atoms with Crippen LogP contribution in [0.1, 0.15) is 51.5 Å². The van der Waals surface area contributed by atoms with Gasteiger partial charge in [-0.05, 0) is 61.2 Å². The number of nitrogen functional groups attached to an aromatic ring is 1. The molecule has 3 aromatic rings. The summed E-state index contributed by atoms with van der Waals surface area (Å²) in [5, 5.41) is 0. The molecule has 37 heavy (non-hydrogen) atoms. The average molecular weight is 502 g/mol. The highest BCUT2D eigenvalue weighted by atomic mass is 19.1. The lowest BCUT2D eigenvalue weighted by atomic mass is 9.84. The Balaban J connectivity index is 1.41. The Kier molecular flexibility index (Phi) is 6.60. The molecule has 0 saturated carbocycles. The Morgan fingerprint density at radius 2 is 1.86 bits per heavy atom. The molecular weight excluding hydrogens is 476 g/mol. The molecule has 1 aromatic heterocycles. The molecule has 0 aliphatic carbocycles. The lowest BCUT2D eigenvalue weighted by Crippen LogP contribution is -2.28. The number of nitrogens with zero attached hydrogens (tertiary/aromatic N) is 4. The fourth-order valence-corrected chi connectivity index (χ4v) is 5.11. The van der Waals surface area contributed by atoms with Crippen molar-refractivity contribution in [3.63, 3.8) is 0 Å². The van der Waals surface area contributed by atoms with Gasteiger partial charge in [-0.15, -0.1) is 0 Å². The molecule has 1 unspecified atom stereocenters. The largest absolute Gasteiger partial charge is 0.383 e. The topological polar surface area (TPSA) is 102 Å². The van der Waals surface area contributed by atoms with Crippen molar-refractivity contribution in [2.24, 2.45) is 10.9 Å². The van der Waals surface area contributed by atoms with Gasteiger partial charge < -0.3 is 10.6 Å². The fourth-order valence-electron chi connectivity index (χ4n) is 5.11. The summed E-state index contributed by atoms with van der Waals surface area (Å²) in [5.41, 5.74) is 8.37. The number of ketones is 1. The van der Waals surface area contributed by atoms with E-state index >= 15 is 4.39 Å². The first-order valence-corrected chi connectivity index (χ1v) is 12.0. The normalized spacial score (nSPS) is 18.8. The minimum atomic E-state index is -0.631. The van der Waals surface area contributed by atoms with Gasteiger partial charge in [0.15, 0.2) is 5.78 Å². The van der Waals surface area contributed by atoms with Gasteiger partial charge in [-0.1, -0.05) is 12.6 Å². The molecule has 2 aliphatic heterocycles. The number of aliphatic imine (C=N–C) groups is 1. The van der Waals surface area contributed by atoms with Gasteiger partial charge in [-0.3, -0.25) is 14.6 Å². The maximum atomic E-state index is 15.4. The quantitative estimate of drug-likeness (QED) is 0.407. The molecule has 2 aliphatic rings. The van der Waals surface area contributed by atoms with E-state index in [-0.39, 0.29) is 40.3 Å². The first kappa shape index (κ1) is 24.4. The molecule has 0 spiro atoms. The minimum Gasteiger partial charge on any atom is -0.383 e. The maximum absolute atomic E-state index is 15.4. The first-order chi connectivity index (χ1) is 17.9. The van der Waals surface area contributed by atoms with E-state index in [1.54, 1.807) is 4.90 Å². The number of benzene rings is 2. The number of fused-ring (bicyclic) bond motifs is 1. The molecule has 0 bridgehead atoms. The van der Waals surface area contributed by atoms with Gasteiger partial charge in [0.25, 0.3) is 0 Å². The van der Waals surface area contributed by atoms with Crippen LogP contribution in [-0.2, 0) is 4.79 Å². The van der Waals surface area contributed by atoms with Crippen LogP contribution in [0.3, 0.4) is 0 Å². The van der Waals surface area contributed by atoms with Gasteiger partial charge >= 0.3 is 0 Å². The zero-order chi connectivity index (χ0) is 26.1. The molecule has 9 heteroatoms. The number of hydrogen-bond donors (Lipinski definition) is 1. The van der Waals surface area contributed by atoms with Crippen molar-refractivity contribution in [2.45, 2.75) is 18.8 Å². The molecule has 1 fully saturated rings. The first-order valence-electron chi connectivity index (χ1n) is 12.0. The summed E-state index contributed by atoms with van der Waals surface area (Å²) >= 11 is 0. The molecule has 1 saturated heterocycles. The molecule has 2 atom stereocenters. The van der Waals surface area contributed by atoms with Crippen LogP contribution in [0.4, 0.5) is 14.6 Å². The summed E-state index contributed by atoms with van der Waals surface area (Å²) in [6, 6.07) is 9.26. The van der Waals surface area contributed by atoms with E-state index in [2.05, 4.69) is 16.5 Å². The second kappa shape index (κ2) is 10.0. The highest BCUT2D eigenvalue weighted by molar-refractivity contribution is 6.17. The van der Waals surface area contributed by atoms with Crippen LogP contribution in [0.2, 0.25) is 0 Å². The Labute approximate surface area is 212 Å². The number of halogens is 2. The number of carbonyl (C=O) groups is 2. The zero-order valence-electron chi connectivity index (χ0n) is 20.0. The second-order valence-corrected chi connectivity index (χ2v) is 9.31. The molecule has 3 heterocycles. The molecule has 2 aromatic carbocycles. The molecule has 188 valence electrons. The lowest BCUT2D eigenvalue weighted by Gasteiger charge is -2.26. The fraction of sp³-hybridized carbons (Fsp3) is 0.250. The number of carbonyl (C=O) groups excluding carboxylic acids is 2. The zero-order valence-corrected chi connectivity index (χ0v) is 20.0. The van der Waals surface area contributed by atoms with E-state index in [1.807, 2.05) is 0 Å². The van der Waals surface area contributed by atoms with Gasteiger partial charge in [0, 0.05) is 42.2 Å². The average Bonchev–Trinajstić information content (AvgIpc) is 3.37. The highest BCUT2D eigenvalue weighted by Gasteiger charge is 2.33. The third kappa shape index (κ3) is 4.76. The minimum absolute atomic E-state index is 0.0461. The summed E-state index contributed by atoms with van der Waals surface area (Å²) in [6.07, 6.45) is 4.36. The number of anilines is 1. The Morgan fingerprint density at radius 1 is 1.11 bits per heavy atom. The van der Waals surface area contributed by atoms with Gasteiger partial charge in [-0.25, -0.2) is 18.7 Å². The van der Waals surface area contributed by atoms with Crippen molar-refractivity contribution in [1.82, 2.24) is 14.9 Å². The number of nitrogens with two attached hydrogens (primary N) is 1. The van der Waals surface area contributed by atoms with Crippen LogP contribution < -0.4 is 5.73 Å². The van der Waals surface area contributed by atoms with E-state index in [9.17, 15) is 14.0 Å². The van der Waals surface area contributed by atoms with Crippen LogP contribution in [0.5, 0.6) is 0 Å².